The van der Waals surface area contributed by atoms with Gasteiger partial charge >= 0.3 is 0 Å². The predicted molar refractivity (Wildman–Crippen MR) is 177 cm³/mol. The van der Waals surface area contributed by atoms with Crippen molar-refractivity contribution in [3.8, 4) is 0 Å². The van der Waals surface area contributed by atoms with E-state index < -0.39 is 0 Å². The van der Waals surface area contributed by atoms with Crippen LogP contribution in [0, 0.1) is 23.7 Å². The molecule has 7 aliphatic rings. The number of ether oxygens (including phenoxy) is 1. The van der Waals surface area contributed by atoms with Gasteiger partial charge in [0.15, 0.2) is 0 Å². The van der Waals surface area contributed by atoms with Crippen molar-refractivity contribution in [2.45, 2.75) is 178 Å². The van der Waals surface area contributed by atoms with Crippen LogP contribution in [0.15, 0.2) is 9.98 Å². The van der Waals surface area contributed by atoms with Gasteiger partial charge in [0, 0.05) is 36.8 Å². The van der Waals surface area contributed by atoms with Crippen molar-refractivity contribution in [1.29, 1.82) is 0 Å². The molecule has 0 aromatic heterocycles. The summed E-state index contributed by atoms with van der Waals surface area (Å²) in [5.41, 5.74) is 0. The van der Waals surface area contributed by atoms with Gasteiger partial charge in [0.1, 0.15) is 11.7 Å². The van der Waals surface area contributed by atoms with Gasteiger partial charge in [0.2, 0.25) is 11.8 Å². The van der Waals surface area contributed by atoms with E-state index >= 15 is 0 Å². The Morgan fingerprint density at radius 3 is 1.64 bits per heavy atom. The molecule has 9 heteroatoms. The van der Waals surface area contributed by atoms with Crippen LogP contribution in [0.3, 0.4) is 0 Å². The summed E-state index contributed by atoms with van der Waals surface area (Å²) < 4.78 is 6.80. The molecule has 6 atom stereocenters. The number of amidine groups is 2. The first-order chi connectivity index (χ1) is 21.9. The number of carbonyl (C=O) groups excluding carboxylic acids is 2. The van der Waals surface area contributed by atoms with Gasteiger partial charge in [-0.3, -0.25) is 19.6 Å². The molecule has 5 aliphatic carbocycles. The number of hydrogen-bond donors (Lipinski definition) is 4. The second-order valence-electron chi connectivity index (χ2n) is 15.9. The number of aliphatic imine (C=N–C) groups is 2. The van der Waals surface area contributed by atoms with Gasteiger partial charge in [-0.15, -0.1) is 0 Å². The van der Waals surface area contributed by atoms with E-state index in [9.17, 15) is 9.59 Å². The number of fused-ring (bicyclic) bond motifs is 2. The molecule has 2 heterocycles. The zero-order valence-corrected chi connectivity index (χ0v) is 27.8. The molecule has 5 fully saturated rings. The summed E-state index contributed by atoms with van der Waals surface area (Å²) in [7, 11) is 0. The Morgan fingerprint density at radius 2 is 1.13 bits per heavy atom. The summed E-state index contributed by atoms with van der Waals surface area (Å²) in [6, 6.07) is 2.22. The fourth-order valence-corrected chi connectivity index (χ4v) is 9.78. The first-order valence-electron chi connectivity index (χ1n) is 18.8. The van der Waals surface area contributed by atoms with E-state index in [2.05, 4.69) is 28.2 Å². The Labute approximate surface area is 270 Å². The molecular formula is C36H58N6O3. The third kappa shape index (κ3) is 7.54. The maximum absolute atomic E-state index is 13.1. The molecule has 0 bridgehead atoms. The number of nitrogens with zero attached hydrogens (tertiary/aromatic N) is 2. The van der Waals surface area contributed by atoms with Crippen molar-refractivity contribution < 1.29 is 14.3 Å². The van der Waals surface area contributed by atoms with E-state index in [0.29, 0.717) is 48.2 Å². The number of hydrogen-bond acceptors (Lipinski definition) is 7. The third-order valence-corrected chi connectivity index (χ3v) is 12.6. The van der Waals surface area contributed by atoms with Gasteiger partial charge in [-0.1, -0.05) is 19.8 Å². The highest BCUT2D eigenvalue weighted by atomic mass is 16.5. The second-order valence-corrected chi connectivity index (χ2v) is 15.9. The SMILES string of the molecule is CC(=O)NC1CCC(NC(=O)C2CCC(C3=NC4CCC(OC5CCC6N=C(C7CCC(C)CC7)NC6C5)CC4N3)CC2)CC1. The summed E-state index contributed by atoms with van der Waals surface area (Å²) in [6.45, 7) is 3.97. The Kier molecular flexibility index (Phi) is 9.72. The van der Waals surface area contributed by atoms with E-state index in [0.717, 1.165) is 95.8 Å². The summed E-state index contributed by atoms with van der Waals surface area (Å²) in [5, 5.41) is 14.1. The highest BCUT2D eigenvalue weighted by Crippen LogP contribution is 2.37. The highest BCUT2D eigenvalue weighted by Gasteiger charge is 2.42. The number of amides is 2. The zero-order valence-electron chi connectivity index (χ0n) is 27.8. The van der Waals surface area contributed by atoms with Crippen molar-refractivity contribution in [3.63, 3.8) is 0 Å². The van der Waals surface area contributed by atoms with Crippen LogP contribution in [-0.2, 0) is 14.3 Å². The standard InChI is InChI=1S/C36H58N6O3/c1-21-3-5-23(6-4-21)34-39-30-17-15-28(19-32(30)41-34)45-29-16-18-31-33(20-29)42-35(40-31)24-7-9-25(10-8-24)36(44)38-27-13-11-26(12-14-27)37-22(2)43/h21,23-33H,3-20H2,1-2H3,(H,37,43)(H,38,44)(H,39,41)(H,40,42). The quantitative estimate of drug-likeness (QED) is 0.326. The summed E-state index contributed by atoms with van der Waals surface area (Å²) in [5.74, 6) is 4.91. The smallest absolute Gasteiger partial charge is 0.223 e. The lowest BCUT2D eigenvalue weighted by atomic mass is 9.80. The molecule has 250 valence electrons. The average molecular weight is 623 g/mol. The first kappa shape index (κ1) is 31.4. The van der Waals surface area contributed by atoms with Crippen molar-refractivity contribution in [2.75, 3.05) is 0 Å². The van der Waals surface area contributed by atoms with Crippen molar-refractivity contribution in [2.24, 2.45) is 33.7 Å². The molecule has 45 heavy (non-hydrogen) atoms. The first-order valence-corrected chi connectivity index (χ1v) is 18.8. The Morgan fingerprint density at radius 1 is 0.644 bits per heavy atom. The lowest BCUT2D eigenvalue weighted by Crippen LogP contribution is -2.47. The van der Waals surface area contributed by atoms with E-state index in [1.807, 2.05) is 0 Å². The molecule has 0 spiro atoms. The van der Waals surface area contributed by atoms with Crippen LogP contribution in [0.1, 0.15) is 129 Å². The number of nitrogens with one attached hydrogen (secondary N) is 4. The van der Waals surface area contributed by atoms with Crippen LogP contribution in [-0.4, -0.2) is 71.9 Å². The summed E-state index contributed by atoms with van der Waals surface area (Å²) >= 11 is 0. The fraction of sp³-hybridized carbons (Fsp3) is 0.889. The molecule has 6 unspecified atom stereocenters. The molecule has 4 N–H and O–H groups in total. The van der Waals surface area contributed by atoms with E-state index in [1.165, 1.54) is 37.4 Å². The van der Waals surface area contributed by atoms with Gasteiger partial charge < -0.3 is 26.0 Å². The molecule has 7 rings (SSSR count). The topological polar surface area (TPSA) is 116 Å². The maximum Gasteiger partial charge on any atom is 0.223 e. The monoisotopic (exact) mass is 622 g/mol. The number of rotatable bonds is 7. The normalized spacial score (nSPS) is 43.1. The highest BCUT2D eigenvalue weighted by molar-refractivity contribution is 5.88. The van der Waals surface area contributed by atoms with Crippen LogP contribution >= 0.6 is 0 Å². The van der Waals surface area contributed by atoms with Gasteiger partial charge in [-0.2, -0.15) is 0 Å². The molecular weight excluding hydrogens is 564 g/mol. The largest absolute Gasteiger partial charge is 0.375 e. The van der Waals surface area contributed by atoms with Crippen LogP contribution in [0.25, 0.3) is 0 Å². The summed E-state index contributed by atoms with van der Waals surface area (Å²) in [4.78, 5) is 34.8. The van der Waals surface area contributed by atoms with Gasteiger partial charge in [-0.05, 0) is 109 Å². The Bertz CT molecular complexity index is 1120. The van der Waals surface area contributed by atoms with Crippen molar-refractivity contribution in [3.05, 3.63) is 0 Å². The summed E-state index contributed by atoms with van der Waals surface area (Å²) in [6.07, 6.45) is 20.4. The van der Waals surface area contributed by atoms with Crippen molar-refractivity contribution >= 4 is 23.5 Å². The van der Waals surface area contributed by atoms with Crippen LogP contribution in [0.4, 0.5) is 0 Å². The molecule has 0 saturated heterocycles. The lowest BCUT2D eigenvalue weighted by Gasteiger charge is -2.37. The minimum atomic E-state index is 0.0421. The molecule has 5 saturated carbocycles. The van der Waals surface area contributed by atoms with E-state index in [4.69, 9.17) is 14.7 Å². The van der Waals surface area contributed by atoms with Gasteiger partial charge in [-0.25, -0.2) is 0 Å². The van der Waals surface area contributed by atoms with Crippen molar-refractivity contribution in [1.82, 2.24) is 21.3 Å². The maximum atomic E-state index is 13.1. The average Bonchev–Trinajstić information content (AvgIpc) is 3.66. The number of carbonyl (C=O) groups is 2. The van der Waals surface area contributed by atoms with E-state index in [1.54, 1.807) is 6.92 Å². The fourth-order valence-electron chi connectivity index (χ4n) is 9.78. The second kappa shape index (κ2) is 13.9. The van der Waals surface area contributed by atoms with Crippen LogP contribution in [0.2, 0.25) is 0 Å². The van der Waals surface area contributed by atoms with Gasteiger partial charge in [0.25, 0.3) is 0 Å². The lowest BCUT2D eigenvalue weighted by molar-refractivity contribution is -0.127. The minimum absolute atomic E-state index is 0.0421. The Hall–Kier alpha value is -2.16. The Balaban J connectivity index is 0.812. The van der Waals surface area contributed by atoms with Crippen LogP contribution in [0.5, 0.6) is 0 Å². The minimum Gasteiger partial charge on any atom is -0.375 e. The van der Waals surface area contributed by atoms with E-state index in [-0.39, 0.29) is 29.8 Å². The molecule has 9 nitrogen and oxygen atoms in total. The molecule has 0 radical (unpaired) electrons. The van der Waals surface area contributed by atoms with Gasteiger partial charge in [0.05, 0.1) is 36.4 Å². The van der Waals surface area contributed by atoms with Crippen LogP contribution < -0.4 is 21.3 Å². The molecule has 0 aromatic carbocycles. The molecule has 0 aromatic rings. The zero-order chi connectivity index (χ0) is 30.9. The third-order valence-electron chi connectivity index (χ3n) is 12.6. The molecule has 2 aliphatic heterocycles. The molecule has 2 amide bonds. The predicted octanol–water partition coefficient (Wildman–Crippen LogP) is 4.78.